The number of ether oxygens (including phenoxy) is 2. The number of thiazole rings is 1. The van der Waals surface area contributed by atoms with Gasteiger partial charge in [0.15, 0.2) is 4.96 Å². The van der Waals surface area contributed by atoms with Crippen molar-refractivity contribution < 1.29 is 14.3 Å². The second kappa shape index (κ2) is 6.22. The van der Waals surface area contributed by atoms with Crippen molar-refractivity contribution in [3.05, 3.63) is 23.5 Å². The number of hydrogen-bond donors (Lipinski definition) is 1. The Morgan fingerprint density at radius 1 is 1.43 bits per heavy atom. The van der Waals surface area contributed by atoms with E-state index in [1.165, 1.54) is 0 Å². The number of imidazole rings is 1. The van der Waals surface area contributed by atoms with Gasteiger partial charge in [-0.3, -0.25) is 9.20 Å². The number of amides is 1. The van der Waals surface area contributed by atoms with Gasteiger partial charge in [0, 0.05) is 43.6 Å². The second-order valence-corrected chi connectivity index (χ2v) is 7.28. The molecule has 23 heavy (non-hydrogen) atoms. The average Bonchev–Trinajstić information content (AvgIpc) is 3.09. The maximum absolute atomic E-state index is 12.3. The van der Waals surface area contributed by atoms with E-state index in [-0.39, 0.29) is 17.6 Å². The molecule has 2 aromatic rings. The fourth-order valence-corrected chi connectivity index (χ4v) is 4.27. The number of rotatable bonds is 3. The number of hydrogen-bond acceptors (Lipinski definition) is 5. The normalized spacial score (nSPS) is 24.1. The van der Waals surface area contributed by atoms with Gasteiger partial charge in [-0.25, -0.2) is 4.98 Å². The smallest absolute Gasteiger partial charge is 0.226 e. The Hall–Kier alpha value is -1.44. The maximum Gasteiger partial charge on any atom is 0.226 e. The van der Waals surface area contributed by atoms with E-state index in [4.69, 9.17) is 9.47 Å². The number of carbonyl (C=O) groups is 1. The molecule has 124 valence electrons. The van der Waals surface area contributed by atoms with Gasteiger partial charge in [0.2, 0.25) is 5.91 Å². The molecular weight excluding hydrogens is 314 g/mol. The zero-order valence-corrected chi connectivity index (χ0v) is 13.8. The summed E-state index contributed by atoms with van der Waals surface area (Å²) in [5.41, 5.74) is 0.730. The molecule has 7 heteroatoms. The van der Waals surface area contributed by atoms with Crippen LogP contribution in [0.3, 0.4) is 0 Å². The largest absolute Gasteiger partial charge is 0.381 e. The predicted molar refractivity (Wildman–Crippen MR) is 86.7 cm³/mol. The molecular formula is C16H21N3O3S. The molecule has 1 amide bonds. The van der Waals surface area contributed by atoms with Crippen molar-refractivity contribution in [2.75, 3.05) is 19.8 Å². The summed E-state index contributed by atoms with van der Waals surface area (Å²) in [6, 6.07) is 0.193. The summed E-state index contributed by atoms with van der Waals surface area (Å²) in [6.07, 6.45) is 7.85. The van der Waals surface area contributed by atoms with Crippen molar-refractivity contribution >= 4 is 22.2 Å². The van der Waals surface area contributed by atoms with Gasteiger partial charge in [0.05, 0.1) is 17.7 Å². The van der Waals surface area contributed by atoms with Gasteiger partial charge in [-0.1, -0.05) is 0 Å². The highest BCUT2D eigenvalue weighted by Gasteiger charge is 2.39. The van der Waals surface area contributed by atoms with Crippen molar-refractivity contribution in [2.24, 2.45) is 0 Å². The van der Waals surface area contributed by atoms with E-state index < -0.39 is 0 Å². The van der Waals surface area contributed by atoms with Crippen LogP contribution in [0, 0.1) is 0 Å². The lowest BCUT2D eigenvalue weighted by molar-refractivity contribution is -0.143. The Balaban J connectivity index is 1.35. The van der Waals surface area contributed by atoms with Gasteiger partial charge in [-0.05, 0) is 25.7 Å². The van der Waals surface area contributed by atoms with Crippen molar-refractivity contribution in [2.45, 2.75) is 43.7 Å². The van der Waals surface area contributed by atoms with Crippen LogP contribution in [-0.4, -0.2) is 46.8 Å². The van der Waals surface area contributed by atoms with E-state index >= 15 is 0 Å². The number of nitrogens with one attached hydrogen (secondary N) is 1. The summed E-state index contributed by atoms with van der Waals surface area (Å²) in [6.45, 7) is 2.23. The van der Waals surface area contributed by atoms with Crippen molar-refractivity contribution in [1.29, 1.82) is 0 Å². The highest BCUT2D eigenvalue weighted by atomic mass is 32.1. The van der Waals surface area contributed by atoms with E-state index in [9.17, 15) is 4.79 Å². The van der Waals surface area contributed by atoms with E-state index in [1.807, 2.05) is 22.2 Å². The Bertz CT molecular complexity index is 656. The quantitative estimate of drug-likeness (QED) is 0.929. The lowest BCUT2D eigenvalue weighted by atomic mass is 9.84. The maximum atomic E-state index is 12.3. The van der Waals surface area contributed by atoms with Gasteiger partial charge in [-0.15, -0.1) is 11.3 Å². The third kappa shape index (κ3) is 3.27. The molecule has 0 saturated carbocycles. The van der Waals surface area contributed by atoms with Crippen molar-refractivity contribution in [1.82, 2.24) is 14.7 Å². The van der Waals surface area contributed by atoms with Crippen LogP contribution < -0.4 is 5.32 Å². The molecule has 2 fully saturated rings. The molecule has 6 nitrogen and oxygen atoms in total. The first-order chi connectivity index (χ1) is 11.2. The predicted octanol–water partition coefficient (Wildman–Crippen LogP) is 1.78. The number of fused-ring (bicyclic) bond motifs is 1. The number of nitrogens with zero attached hydrogens (tertiary/aromatic N) is 2. The van der Waals surface area contributed by atoms with Crippen LogP contribution in [0.15, 0.2) is 17.8 Å². The van der Waals surface area contributed by atoms with Gasteiger partial charge < -0.3 is 14.8 Å². The third-order valence-corrected chi connectivity index (χ3v) is 5.52. The molecule has 2 aliphatic rings. The zero-order valence-electron chi connectivity index (χ0n) is 13.0. The van der Waals surface area contributed by atoms with Gasteiger partial charge in [0.25, 0.3) is 0 Å². The lowest BCUT2D eigenvalue weighted by Crippen LogP contribution is -2.51. The van der Waals surface area contributed by atoms with Crippen LogP contribution in [0.4, 0.5) is 0 Å². The van der Waals surface area contributed by atoms with Gasteiger partial charge in [-0.2, -0.15) is 0 Å². The molecule has 0 radical (unpaired) electrons. The molecule has 4 rings (SSSR count). The summed E-state index contributed by atoms with van der Waals surface area (Å²) in [5, 5.41) is 5.16. The minimum atomic E-state index is -0.0918. The first-order valence-electron chi connectivity index (χ1n) is 8.15. The topological polar surface area (TPSA) is 64.9 Å². The zero-order chi connectivity index (χ0) is 15.7. The second-order valence-electron chi connectivity index (χ2n) is 6.40. The number of carbonyl (C=O) groups excluding carboxylic acids is 1. The van der Waals surface area contributed by atoms with Crippen LogP contribution in [0.25, 0.3) is 4.96 Å². The van der Waals surface area contributed by atoms with Gasteiger partial charge >= 0.3 is 0 Å². The van der Waals surface area contributed by atoms with Crippen LogP contribution >= 0.6 is 11.3 Å². The standard InChI is InChI=1S/C16H21N3O3S/c20-14(9-13-11-19-4-8-23-15(19)18-13)17-12-1-5-22-16(10-12)2-6-21-7-3-16/h4,8,11-12H,1-3,5-7,9-10H2,(H,17,20). The van der Waals surface area contributed by atoms with Crippen molar-refractivity contribution in [3.8, 4) is 0 Å². The van der Waals surface area contributed by atoms with E-state index in [1.54, 1.807) is 11.3 Å². The molecule has 1 N–H and O–H groups in total. The molecule has 2 saturated heterocycles. The molecule has 0 bridgehead atoms. The van der Waals surface area contributed by atoms with Crippen LogP contribution in [0.5, 0.6) is 0 Å². The average molecular weight is 335 g/mol. The highest BCUT2D eigenvalue weighted by molar-refractivity contribution is 7.15. The Morgan fingerprint density at radius 3 is 3.13 bits per heavy atom. The Morgan fingerprint density at radius 2 is 2.30 bits per heavy atom. The van der Waals surface area contributed by atoms with Crippen LogP contribution in [0.1, 0.15) is 31.4 Å². The van der Waals surface area contributed by atoms with E-state index in [2.05, 4.69) is 10.3 Å². The number of aromatic nitrogens is 2. The Labute approximate surface area is 138 Å². The van der Waals surface area contributed by atoms with Crippen molar-refractivity contribution in [3.63, 3.8) is 0 Å². The summed E-state index contributed by atoms with van der Waals surface area (Å²) in [5.74, 6) is 0.0462. The summed E-state index contributed by atoms with van der Waals surface area (Å²) in [7, 11) is 0. The summed E-state index contributed by atoms with van der Waals surface area (Å²) < 4.78 is 13.4. The highest BCUT2D eigenvalue weighted by Crippen LogP contribution is 2.34. The Kier molecular flexibility index (Phi) is 4.09. The molecule has 2 aromatic heterocycles. The molecule has 0 aliphatic carbocycles. The lowest BCUT2D eigenvalue weighted by Gasteiger charge is -2.43. The fourth-order valence-electron chi connectivity index (χ4n) is 3.55. The molecule has 1 spiro atoms. The minimum Gasteiger partial charge on any atom is -0.381 e. The monoisotopic (exact) mass is 335 g/mol. The first kappa shape index (κ1) is 15.1. The first-order valence-corrected chi connectivity index (χ1v) is 9.03. The molecule has 1 unspecified atom stereocenters. The third-order valence-electron chi connectivity index (χ3n) is 4.75. The molecule has 2 aliphatic heterocycles. The van der Waals surface area contributed by atoms with Crippen LogP contribution in [-0.2, 0) is 20.7 Å². The van der Waals surface area contributed by atoms with E-state index in [0.717, 1.165) is 49.6 Å². The summed E-state index contributed by atoms with van der Waals surface area (Å²) in [4.78, 5) is 17.7. The SMILES string of the molecule is O=C(Cc1cn2ccsc2n1)NC1CCOC2(CCOCC2)C1. The van der Waals surface area contributed by atoms with Gasteiger partial charge in [0.1, 0.15) is 0 Å². The fraction of sp³-hybridized carbons (Fsp3) is 0.625. The van der Waals surface area contributed by atoms with Crippen LogP contribution in [0.2, 0.25) is 0 Å². The molecule has 0 aromatic carbocycles. The molecule has 4 heterocycles. The molecule has 1 atom stereocenters. The van der Waals surface area contributed by atoms with E-state index in [0.29, 0.717) is 13.0 Å². The minimum absolute atomic E-state index is 0.0462. The summed E-state index contributed by atoms with van der Waals surface area (Å²) >= 11 is 1.58.